The van der Waals surface area contributed by atoms with Crippen LogP contribution in [0.15, 0.2) is 11.6 Å². The minimum atomic E-state index is -0.957. The van der Waals surface area contributed by atoms with Gasteiger partial charge in [0.05, 0.1) is 10.8 Å². The van der Waals surface area contributed by atoms with Crippen LogP contribution in [0.2, 0.25) is 0 Å². The van der Waals surface area contributed by atoms with Crippen LogP contribution in [-0.4, -0.2) is 33.6 Å². The van der Waals surface area contributed by atoms with E-state index in [1.54, 1.807) is 0 Å². The minimum absolute atomic E-state index is 0.0375. The number of nitrogens with zero attached hydrogens (tertiary/aromatic N) is 2. The van der Waals surface area contributed by atoms with Gasteiger partial charge in [-0.2, -0.15) is 4.79 Å². The molecule has 4 fully saturated rings. The molecule has 0 aromatic heterocycles. The summed E-state index contributed by atoms with van der Waals surface area (Å²) in [7, 11) is 0. The molecule has 0 radical (unpaired) electrons. The molecule has 4 bridgehead atoms. The van der Waals surface area contributed by atoms with Crippen LogP contribution in [0, 0.1) is 22.7 Å². The summed E-state index contributed by atoms with van der Waals surface area (Å²) in [6.45, 7) is 1.81. The number of ketones is 2. The number of hydrogen-bond acceptors (Lipinski definition) is 4. The average molecular weight is 326 g/mol. The fourth-order valence-corrected chi connectivity index (χ4v) is 6.28. The van der Waals surface area contributed by atoms with Crippen LogP contribution in [0.25, 0.3) is 5.53 Å². The minimum Gasteiger partial charge on any atom is -0.453 e. The van der Waals surface area contributed by atoms with Gasteiger partial charge in [0, 0.05) is 12.3 Å². The van der Waals surface area contributed by atoms with Crippen molar-refractivity contribution >= 4 is 23.2 Å². The van der Waals surface area contributed by atoms with E-state index in [-0.39, 0.29) is 35.6 Å². The van der Waals surface area contributed by atoms with Crippen LogP contribution < -0.4 is 0 Å². The maximum atomic E-state index is 13.3. The highest BCUT2D eigenvalue weighted by molar-refractivity contribution is 6.44. The average Bonchev–Trinajstić information content (AvgIpc) is 2.86. The van der Waals surface area contributed by atoms with Gasteiger partial charge in [0.1, 0.15) is 17.3 Å². The molecule has 5 rings (SSSR count). The lowest BCUT2D eigenvalue weighted by atomic mass is 9.48. The fraction of sp³-hybridized carbons (Fsp3) is 0.667. The standard InChI is InChI=1S/C18H18N2O4/c1-16-5-2-6-18(24-15(16)23)11-4-3-9-7-17(11,8-10(9)21)14(22)12(20-19)13(16)18/h4,9,13H,2-3,5-8H2,1H3/t9-,13-,16+,17-,18-/m1/s1. The molecule has 3 saturated carbocycles. The Hall–Kier alpha value is -2.07. The van der Waals surface area contributed by atoms with Gasteiger partial charge in [-0.1, -0.05) is 6.08 Å². The van der Waals surface area contributed by atoms with Gasteiger partial charge in [-0.15, -0.1) is 0 Å². The molecule has 24 heavy (non-hydrogen) atoms. The number of rotatable bonds is 0. The van der Waals surface area contributed by atoms with Crippen LogP contribution in [-0.2, 0) is 19.1 Å². The van der Waals surface area contributed by atoms with Gasteiger partial charge >= 0.3 is 11.7 Å². The second kappa shape index (κ2) is 3.94. The third kappa shape index (κ3) is 1.24. The van der Waals surface area contributed by atoms with E-state index in [9.17, 15) is 19.9 Å². The highest BCUT2D eigenvalue weighted by Crippen LogP contribution is 2.67. The first kappa shape index (κ1) is 14.3. The Morgan fingerprint density at radius 2 is 2.08 bits per heavy atom. The molecule has 6 nitrogen and oxygen atoms in total. The smallest absolute Gasteiger partial charge is 0.343 e. The number of ether oxygens (including phenoxy) is 1. The Morgan fingerprint density at radius 1 is 1.29 bits per heavy atom. The number of Topliss-reactive ketones (excluding diaryl/α,β-unsaturated/α-hetero) is 2. The Kier molecular flexibility index (Phi) is 2.35. The van der Waals surface area contributed by atoms with E-state index in [1.165, 1.54) is 0 Å². The van der Waals surface area contributed by atoms with Crippen molar-refractivity contribution < 1.29 is 23.9 Å². The largest absolute Gasteiger partial charge is 0.453 e. The molecule has 1 saturated heterocycles. The van der Waals surface area contributed by atoms with Gasteiger partial charge in [-0.05, 0) is 44.6 Å². The second-order valence-electron chi connectivity index (χ2n) is 8.28. The van der Waals surface area contributed by atoms with Crippen molar-refractivity contribution in [1.29, 1.82) is 0 Å². The van der Waals surface area contributed by atoms with Crippen LogP contribution in [0.4, 0.5) is 0 Å². The SMILES string of the molecule is C[C@@]12CCC[C@@]3(OC1=O)C1=CC[C@@H]4C[C@]1(CC4=O)C(=O)C(=[N+]=[N-])[C@H]23. The predicted molar refractivity (Wildman–Crippen MR) is 80.8 cm³/mol. The van der Waals surface area contributed by atoms with E-state index in [0.717, 1.165) is 12.0 Å². The summed E-state index contributed by atoms with van der Waals surface area (Å²) in [5.74, 6) is -1.20. The van der Waals surface area contributed by atoms with Crippen LogP contribution in [0.5, 0.6) is 0 Å². The van der Waals surface area contributed by atoms with E-state index < -0.39 is 22.3 Å². The maximum absolute atomic E-state index is 13.3. The first-order valence-corrected chi connectivity index (χ1v) is 8.63. The van der Waals surface area contributed by atoms with E-state index in [4.69, 9.17) is 4.74 Å². The first-order chi connectivity index (χ1) is 11.4. The summed E-state index contributed by atoms with van der Waals surface area (Å²) >= 11 is 0. The van der Waals surface area contributed by atoms with E-state index in [0.29, 0.717) is 25.7 Å². The molecule has 0 aromatic rings. The van der Waals surface area contributed by atoms with E-state index in [2.05, 4.69) is 4.79 Å². The number of allylic oxidation sites excluding steroid dienone is 1. The van der Waals surface area contributed by atoms with Crippen molar-refractivity contribution in [3.63, 3.8) is 0 Å². The van der Waals surface area contributed by atoms with Crippen LogP contribution in [0.1, 0.15) is 45.4 Å². The van der Waals surface area contributed by atoms with Crippen molar-refractivity contribution in [1.82, 2.24) is 0 Å². The molecule has 0 aromatic carbocycles. The van der Waals surface area contributed by atoms with Crippen LogP contribution >= 0.6 is 0 Å². The Bertz CT molecular complexity index is 823. The van der Waals surface area contributed by atoms with Crippen molar-refractivity contribution in [3.8, 4) is 0 Å². The summed E-state index contributed by atoms with van der Waals surface area (Å²) in [6, 6.07) is 0. The van der Waals surface area contributed by atoms with Gasteiger partial charge < -0.3 is 10.3 Å². The molecule has 0 unspecified atom stereocenters. The first-order valence-electron chi connectivity index (χ1n) is 8.63. The molecule has 1 heterocycles. The van der Waals surface area contributed by atoms with Crippen molar-refractivity contribution in [3.05, 3.63) is 17.2 Å². The molecule has 0 N–H and O–H groups in total. The van der Waals surface area contributed by atoms with E-state index >= 15 is 0 Å². The Morgan fingerprint density at radius 3 is 2.83 bits per heavy atom. The third-order valence-electron chi connectivity index (χ3n) is 7.24. The molecule has 5 aliphatic rings. The zero-order chi connectivity index (χ0) is 16.9. The number of carbonyl (C=O) groups is 3. The normalized spacial score (nSPS) is 48.5. The molecule has 5 atom stereocenters. The highest BCUT2D eigenvalue weighted by Gasteiger charge is 2.79. The quantitative estimate of drug-likeness (QED) is 0.292. The monoisotopic (exact) mass is 326 g/mol. The van der Waals surface area contributed by atoms with Crippen molar-refractivity contribution in [2.75, 3.05) is 0 Å². The summed E-state index contributed by atoms with van der Waals surface area (Å²) in [6.07, 6.45) is 5.24. The highest BCUT2D eigenvalue weighted by atomic mass is 16.6. The molecule has 6 heteroatoms. The topological polar surface area (TPSA) is 96.8 Å². The van der Waals surface area contributed by atoms with Crippen LogP contribution in [0.3, 0.4) is 0 Å². The Labute approximate surface area is 138 Å². The fourth-order valence-electron chi connectivity index (χ4n) is 6.28. The number of hydrogen-bond donors (Lipinski definition) is 0. The molecule has 4 aliphatic carbocycles. The lowest BCUT2D eigenvalue weighted by molar-refractivity contribution is -0.152. The molecule has 1 aliphatic heterocycles. The third-order valence-corrected chi connectivity index (χ3v) is 7.24. The molecular weight excluding hydrogens is 308 g/mol. The van der Waals surface area contributed by atoms with Gasteiger partial charge in [-0.25, -0.2) is 0 Å². The summed E-state index contributed by atoms with van der Waals surface area (Å²) in [5.41, 5.74) is 7.79. The molecule has 124 valence electrons. The lowest BCUT2D eigenvalue weighted by Gasteiger charge is -2.50. The zero-order valence-corrected chi connectivity index (χ0v) is 13.5. The zero-order valence-electron chi connectivity index (χ0n) is 13.5. The molecular formula is C18H18N2O4. The van der Waals surface area contributed by atoms with E-state index in [1.807, 2.05) is 13.0 Å². The summed E-state index contributed by atoms with van der Waals surface area (Å²) in [4.78, 5) is 41.7. The molecule has 0 amide bonds. The number of carbonyl (C=O) groups excluding carboxylic acids is 3. The maximum Gasteiger partial charge on any atom is 0.343 e. The number of esters is 1. The predicted octanol–water partition coefficient (Wildman–Crippen LogP) is 1.64. The van der Waals surface area contributed by atoms with Crippen molar-refractivity contribution in [2.24, 2.45) is 22.7 Å². The van der Waals surface area contributed by atoms with Gasteiger partial charge in [0.2, 0.25) is 0 Å². The lowest BCUT2D eigenvalue weighted by Crippen LogP contribution is -2.62. The second-order valence-corrected chi connectivity index (χ2v) is 8.28. The molecule has 1 spiro atoms. The van der Waals surface area contributed by atoms with Gasteiger partial charge in [0.25, 0.3) is 5.78 Å². The Balaban J connectivity index is 1.82. The van der Waals surface area contributed by atoms with Crippen molar-refractivity contribution in [2.45, 2.75) is 51.0 Å². The summed E-state index contributed by atoms with van der Waals surface area (Å²) in [5, 5.41) is 0. The van der Waals surface area contributed by atoms with Gasteiger partial charge in [-0.3, -0.25) is 14.4 Å². The van der Waals surface area contributed by atoms with Gasteiger partial charge in [0.15, 0.2) is 0 Å². The summed E-state index contributed by atoms with van der Waals surface area (Å²) < 4.78 is 5.95. The number of fused-ring (bicyclic) bond motifs is 1.